The highest BCUT2D eigenvalue weighted by Gasteiger charge is 2.12. The van der Waals surface area contributed by atoms with Gasteiger partial charge in [0.15, 0.2) is 0 Å². The van der Waals surface area contributed by atoms with E-state index in [-0.39, 0.29) is 18.0 Å². The van der Waals surface area contributed by atoms with Crippen molar-refractivity contribution in [1.29, 1.82) is 0 Å². The van der Waals surface area contributed by atoms with Crippen LogP contribution in [-0.2, 0) is 10.0 Å². The van der Waals surface area contributed by atoms with Crippen molar-refractivity contribution in [3.8, 4) is 5.75 Å². The van der Waals surface area contributed by atoms with Crippen molar-refractivity contribution in [2.45, 2.75) is 25.7 Å². The van der Waals surface area contributed by atoms with Gasteiger partial charge in [0.05, 0.1) is 4.90 Å². The maximum Gasteiger partial charge on any atom is 0.240 e. The fourth-order valence-corrected chi connectivity index (χ4v) is 3.18. The molecule has 0 atom stereocenters. The van der Waals surface area contributed by atoms with Crippen molar-refractivity contribution >= 4 is 10.0 Å². The summed E-state index contributed by atoms with van der Waals surface area (Å²) in [5, 5.41) is 0. The molecular weight excluding hydrogens is 298 g/mol. The highest BCUT2D eigenvalue weighted by Crippen LogP contribution is 2.16. The van der Waals surface area contributed by atoms with Crippen LogP contribution >= 0.6 is 0 Å². The molecule has 0 aliphatic carbocycles. The quantitative estimate of drug-likeness (QED) is 0.833. The summed E-state index contributed by atoms with van der Waals surface area (Å²) in [5.41, 5.74) is 3.27. The summed E-state index contributed by atoms with van der Waals surface area (Å²) >= 11 is 0. The highest BCUT2D eigenvalue weighted by molar-refractivity contribution is 7.89. The Hall–Kier alpha value is -1.85. The van der Waals surface area contributed by atoms with E-state index in [2.05, 4.69) is 10.8 Å². The molecule has 0 spiro atoms. The molecule has 0 saturated carbocycles. The standard InChI is InChI=1S/C17H21NO3S/c1-13-4-6-17(7-5-13)22(19,20)18-8-9-21-16-11-14(2)10-15(3)12-16/h4-7,10-12,18H,8-9H2,1-3H3. The second-order valence-corrected chi connectivity index (χ2v) is 7.15. The van der Waals surface area contributed by atoms with Crippen molar-refractivity contribution in [1.82, 2.24) is 4.72 Å². The van der Waals surface area contributed by atoms with Gasteiger partial charge in [0, 0.05) is 6.54 Å². The second kappa shape index (κ2) is 6.94. The molecular formula is C17H21NO3S. The largest absolute Gasteiger partial charge is 0.492 e. The van der Waals surface area contributed by atoms with Crippen LogP contribution in [0.4, 0.5) is 0 Å². The molecule has 0 bridgehead atoms. The van der Waals surface area contributed by atoms with E-state index < -0.39 is 10.0 Å². The molecule has 0 unspecified atom stereocenters. The number of ether oxygens (including phenoxy) is 1. The molecule has 0 heterocycles. The zero-order chi connectivity index (χ0) is 16.2. The first kappa shape index (κ1) is 16.5. The smallest absolute Gasteiger partial charge is 0.240 e. The Balaban J connectivity index is 1.89. The van der Waals surface area contributed by atoms with Gasteiger partial charge < -0.3 is 4.74 Å². The van der Waals surface area contributed by atoms with E-state index in [9.17, 15) is 8.42 Å². The summed E-state index contributed by atoms with van der Waals surface area (Å²) in [5.74, 6) is 0.757. The van der Waals surface area contributed by atoms with Gasteiger partial charge in [0.2, 0.25) is 10.0 Å². The minimum Gasteiger partial charge on any atom is -0.492 e. The molecule has 5 heteroatoms. The lowest BCUT2D eigenvalue weighted by Crippen LogP contribution is -2.28. The van der Waals surface area contributed by atoms with E-state index >= 15 is 0 Å². The summed E-state index contributed by atoms with van der Waals surface area (Å²) in [7, 11) is -3.48. The summed E-state index contributed by atoms with van der Waals surface area (Å²) in [6.07, 6.45) is 0. The molecule has 118 valence electrons. The van der Waals surface area contributed by atoms with Gasteiger partial charge in [-0.15, -0.1) is 0 Å². The Labute approximate surface area is 132 Å². The minimum absolute atomic E-state index is 0.225. The first-order chi connectivity index (χ1) is 10.4. The lowest BCUT2D eigenvalue weighted by molar-refractivity contribution is 0.322. The van der Waals surface area contributed by atoms with E-state index in [0.717, 1.165) is 22.4 Å². The Morgan fingerprint density at radius 1 is 0.909 bits per heavy atom. The van der Waals surface area contributed by atoms with Crippen LogP contribution in [0.3, 0.4) is 0 Å². The molecule has 2 rings (SSSR count). The SMILES string of the molecule is Cc1ccc(S(=O)(=O)NCCOc2cc(C)cc(C)c2)cc1. The van der Waals surface area contributed by atoms with Crippen LogP contribution in [0, 0.1) is 20.8 Å². The number of benzene rings is 2. The lowest BCUT2D eigenvalue weighted by atomic mass is 10.1. The fourth-order valence-electron chi connectivity index (χ4n) is 2.16. The first-order valence-corrected chi connectivity index (χ1v) is 8.62. The van der Waals surface area contributed by atoms with Gasteiger partial charge in [0.1, 0.15) is 12.4 Å². The highest BCUT2D eigenvalue weighted by atomic mass is 32.2. The maximum absolute atomic E-state index is 12.1. The van der Waals surface area contributed by atoms with Gasteiger partial charge in [-0.2, -0.15) is 0 Å². The van der Waals surface area contributed by atoms with Crippen LogP contribution < -0.4 is 9.46 Å². The normalized spacial score (nSPS) is 11.4. The Kier molecular flexibility index (Phi) is 5.21. The van der Waals surface area contributed by atoms with Crippen molar-refractivity contribution in [3.63, 3.8) is 0 Å². The number of sulfonamides is 1. The summed E-state index contributed by atoms with van der Waals surface area (Å²) in [4.78, 5) is 0.268. The molecule has 0 aromatic heterocycles. The number of rotatable bonds is 6. The number of aryl methyl sites for hydroxylation is 3. The van der Waals surface area contributed by atoms with E-state index in [1.54, 1.807) is 24.3 Å². The molecule has 0 saturated heterocycles. The third-order valence-corrected chi connectivity index (χ3v) is 4.67. The Morgan fingerprint density at radius 3 is 2.09 bits per heavy atom. The molecule has 1 N–H and O–H groups in total. The van der Waals surface area contributed by atoms with Crippen LogP contribution in [0.25, 0.3) is 0 Å². The van der Waals surface area contributed by atoms with E-state index in [4.69, 9.17) is 4.74 Å². The van der Waals surface area contributed by atoms with Gasteiger partial charge in [-0.25, -0.2) is 13.1 Å². The van der Waals surface area contributed by atoms with Gasteiger partial charge in [-0.3, -0.25) is 0 Å². The van der Waals surface area contributed by atoms with Crippen LogP contribution in [0.2, 0.25) is 0 Å². The molecule has 0 aliphatic heterocycles. The van der Waals surface area contributed by atoms with E-state index in [1.165, 1.54) is 0 Å². The van der Waals surface area contributed by atoms with E-state index in [1.807, 2.05) is 32.9 Å². The van der Waals surface area contributed by atoms with E-state index in [0.29, 0.717) is 0 Å². The van der Waals surface area contributed by atoms with Crippen molar-refractivity contribution in [2.75, 3.05) is 13.2 Å². The molecule has 2 aromatic carbocycles. The van der Waals surface area contributed by atoms with Crippen molar-refractivity contribution in [2.24, 2.45) is 0 Å². The number of hydrogen-bond donors (Lipinski definition) is 1. The lowest BCUT2D eigenvalue weighted by Gasteiger charge is -2.10. The zero-order valence-corrected chi connectivity index (χ0v) is 13.9. The molecule has 0 amide bonds. The van der Waals surface area contributed by atoms with Gasteiger partial charge in [0.25, 0.3) is 0 Å². The third-order valence-electron chi connectivity index (χ3n) is 3.19. The van der Waals surface area contributed by atoms with Crippen molar-refractivity contribution in [3.05, 3.63) is 59.2 Å². The summed E-state index contributed by atoms with van der Waals surface area (Å²) in [6.45, 7) is 6.43. The average Bonchev–Trinajstić information content (AvgIpc) is 2.43. The molecule has 0 fully saturated rings. The molecule has 0 aliphatic rings. The Bertz CT molecular complexity index is 717. The average molecular weight is 319 g/mol. The zero-order valence-electron chi connectivity index (χ0n) is 13.1. The first-order valence-electron chi connectivity index (χ1n) is 7.14. The Morgan fingerprint density at radius 2 is 1.50 bits per heavy atom. The van der Waals surface area contributed by atoms with Gasteiger partial charge >= 0.3 is 0 Å². The molecule has 22 heavy (non-hydrogen) atoms. The summed E-state index contributed by atoms with van der Waals surface area (Å²) in [6, 6.07) is 12.7. The second-order valence-electron chi connectivity index (χ2n) is 5.38. The minimum atomic E-state index is -3.48. The monoisotopic (exact) mass is 319 g/mol. The van der Waals surface area contributed by atoms with Crippen LogP contribution in [0.15, 0.2) is 47.4 Å². The third kappa shape index (κ3) is 4.58. The number of hydrogen-bond acceptors (Lipinski definition) is 3. The van der Waals surface area contributed by atoms with Gasteiger partial charge in [-0.1, -0.05) is 23.8 Å². The maximum atomic E-state index is 12.1. The molecule has 0 radical (unpaired) electrons. The van der Waals surface area contributed by atoms with Crippen LogP contribution in [0.5, 0.6) is 5.75 Å². The van der Waals surface area contributed by atoms with Crippen LogP contribution in [0.1, 0.15) is 16.7 Å². The molecule has 2 aromatic rings. The predicted molar refractivity (Wildman–Crippen MR) is 87.8 cm³/mol. The summed E-state index contributed by atoms with van der Waals surface area (Å²) < 4.78 is 32.3. The fraction of sp³-hybridized carbons (Fsp3) is 0.294. The van der Waals surface area contributed by atoms with Gasteiger partial charge in [-0.05, 0) is 56.2 Å². The van der Waals surface area contributed by atoms with Crippen molar-refractivity contribution < 1.29 is 13.2 Å². The predicted octanol–water partition coefficient (Wildman–Crippen LogP) is 2.97. The molecule has 4 nitrogen and oxygen atoms in total. The number of nitrogens with one attached hydrogen (secondary N) is 1. The topological polar surface area (TPSA) is 55.4 Å². The van der Waals surface area contributed by atoms with Crippen LogP contribution in [-0.4, -0.2) is 21.6 Å².